The van der Waals surface area contributed by atoms with Crippen molar-refractivity contribution in [3.8, 4) is 0 Å². The summed E-state index contributed by atoms with van der Waals surface area (Å²) in [6, 6.07) is 10.4. The van der Waals surface area contributed by atoms with Gasteiger partial charge in [-0.25, -0.2) is 0 Å². The van der Waals surface area contributed by atoms with Gasteiger partial charge in [0.1, 0.15) is 0 Å². The van der Waals surface area contributed by atoms with E-state index >= 15 is 0 Å². The summed E-state index contributed by atoms with van der Waals surface area (Å²) in [5.74, 6) is 0. The minimum Gasteiger partial charge on any atom is -0.362 e. The summed E-state index contributed by atoms with van der Waals surface area (Å²) in [5, 5.41) is 0. The van der Waals surface area contributed by atoms with Gasteiger partial charge in [-0.15, -0.1) is 0 Å². The Morgan fingerprint density at radius 3 is 2.33 bits per heavy atom. The molecule has 2 unspecified atom stereocenters. The van der Waals surface area contributed by atoms with Crippen LogP contribution in [0.3, 0.4) is 0 Å². The summed E-state index contributed by atoms with van der Waals surface area (Å²) in [6.07, 6.45) is 1.06. The molecule has 0 saturated carbocycles. The van der Waals surface area contributed by atoms with Crippen molar-refractivity contribution in [2.24, 2.45) is 0 Å². The zero-order valence-corrected chi connectivity index (χ0v) is 9.97. The Morgan fingerprint density at radius 2 is 1.83 bits per heavy atom. The van der Waals surface area contributed by atoms with Gasteiger partial charge >= 0.3 is 0 Å². The lowest BCUT2D eigenvalue weighted by atomic mass is 10.2. The Bertz CT molecular complexity index is 201. The molecule has 12 heavy (non-hydrogen) atoms. The van der Waals surface area contributed by atoms with E-state index in [4.69, 9.17) is 4.52 Å². The molecule has 0 saturated heterocycles. The average Bonchev–Trinajstić information content (AvgIpc) is 2.06. The molecule has 0 aliphatic rings. The Kier molecular flexibility index (Phi) is 6.57. The van der Waals surface area contributed by atoms with Gasteiger partial charge in [0.2, 0.25) is 0 Å². The fourth-order valence-corrected chi connectivity index (χ4v) is 1.76. The molecule has 1 nitrogen and oxygen atoms in total. The molecule has 0 N–H and O–H groups in total. The van der Waals surface area contributed by atoms with Crippen LogP contribution in [0.4, 0.5) is 0 Å². The van der Waals surface area contributed by atoms with E-state index in [9.17, 15) is 0 Å². The van der Waals surface area contributed by atoms with Crippen LogP contribution in [-0.2, 0) is 10.7 Å². The molecule has 0 aromatic heterocycles. The van der Waals surface area contributed by atoms with Crippen molar-refractivity contribution in [2.75, 3.05) is 13.8 Å². The Labute approximate surface area is 79.0 Å². The van der Waals surface area contributed by atoms with Crippen molar-refractivity contribution in [3.63, 3.8) is 0 Å². The van der Waals surface area contributed by atoms with Crippen LogP contribution in [-0.4, -0.2) is 13.8 Å². The highest BCUT2D eigenvalue weighted by atomic mass is 31.1. The molecule has 2 atom stereocenters. The first-order chi connectivity index (χ1) is 5.33. The second-order valence-electron chi connectivity index (χ2n) is 2.45. The molecule has 0 aliphatic heterocycles. The van der Waals surface area contributed by atoms with Crippen molar-refractivity contribution in [2.45, 2.75) is 6.16 Å². The standard InChI is InChI=1S/C9H13OP.H3P/c1-10-11(2)8-9-6-4-3-5-7-9;/h3-7H,8H2,1-2H3;1H3. The second kappa shape index (κ2) is 6.54. The summed E-state index contributed by atoms with van der Waals surface area (Å²) < 4.78 is 5.22. The van der Waals surface area contributed by atoms with E-state index in [-0.39, 0.29) is 18.0 Å². The van der Waals surface area contributed by atoms with E-state index < -0.39 is 0 Å². The first-order valence-electron chi connectivity index (χ1n) is 3.62. The second-order valence-corrected chi connectivity index (χ2v) is 4.39. The molecule has 1 aromatic carbocycles. The molecule has 1 rings (SSSR count). The molecule has 0 amide bonds. The van der Waals surface area contributed by atoms with Crippen LogP contribution < -0.4 is 0 Å². The van der Waals surface area contributed by atoms with Crippen molar-refractivity contribution >= 4 is 18.0 Å². The number of rotatable bonds is 3. The minimum absolute atomic E-state index is 0. The van der Waals surface area contributed by atoms with Gasteiger partial charge in [0, 0.05) is 21.4 Å². The van der Waals surface area contributed by atoms with E-state index in [0.29, 0.717) is 0 Å². The molecule has 0 spiro atoms. The van der Waals surface area contributed by atoms with E-state index in [2.05, 4.69) is 30.9 Å². The van der Waals surface area contributed by atoms with Crippen LogP contribution in [0, 0.1) is 0 Å². The lowest BCUT2D eigenvalue weighted by Gasteiger charge is -2.07. The normalized spacial score (nSPS) is 11.8. The average molecular weight is 202 g/mol. The smallest absolute Gasteiger partial charge is 0.0398 e. The fraction of sp³-hybridized carbons (Fsp3) is 0.333. The molecular formula is C9H16OP2. The molecule has 0 bridgehead atoms. The molecular weight excluding hydrogens is 186 g/mol. The van der Waals surface area contributed by atoms with Gasteiger partial charge in [0.25, 0.3) is 0 Å². The fourth-order valence-electron chi connectivity index (χ4n) is 0.905. The molecule has 0 heterocycles. The SMILES string of the molecule is COP(C)Cc1ccccc1.P. The summed E-state index contributed by atoms with van der Waals surface area (Å²) in [7, 11) is 1.52. The molecule has 3 heteroatoms. The summed E-state index contributed by atoms with van der Waals surface area (Å²) in [6.45, 7) is 2.14. The Hall–Kier alpha value is 0.0400. The topological polar surface area (TPSA) is 9.23 Å². The van der Waals surface area contributed by atoms with E-state index in [1.165, 1.54) is 5.56 Å². The lowest BCUT2D eigenvalue weighted by Crippen LogP contribution is -1.83. The molecule has 1 aromatic rings. The van der Waals surface area contributed by atoms with Gasteiger partial charge in [-0.05, 0) is 12.2 Å². The maximum Gasteiger partial charge on any atom is 0.0398 e. The van der Waals surface area contributed by atoms with E-state index in [1.54, 1.807) is 7.11 Å². The third-order valence-electron chi connectivity index (χ3n) is 1.56. The maximum absolute atomic E-state index is 5.22. The van der Waals surface area contributed by atoms with Gasteiger partial charge in [0.05, 0.1) is 0 Å². The zero-order chi connectivity index (χ0) is 8.10. The number of benzene rings is 1. The highest BCUT2D eigenvalue weighted by molar-refractivity contribution is 7.50. The van der Waals surface area contributed by atoms with Gasteiger partial charge in [-0.3, -0.25) is 0 Å². The van der Waals surface area contributed by atoms with E-state index in [1.807, 2.05) is 6.07 Å². The van der Waals surface area contributed by atoms with E-state index in [0.717, 1.165) is 6.16 Å². The third-order valence-corrected chi connectivity index (χ3v) is 2.99. The molecule has 0 fully saturated rings. The number of hydrogen-bond donors (Lipinski definition) is 0. The molecule has 68 valence electrons. The highest BCUT2D eigenvalue weighted by Gasteiger charge is 1.99. The first-order valence-corrected chi connectivity index (χ1v) is 5.51. The quantitative estimate of drug-likeness (QED) is 0.685. The summed E-state index contributed by atoms with van der Waals surface area (Å²) >= 11 is 0. The van der Waals surface area contributed by atoms with Crippen LogP contribution in [0.5, 0.6) is 0 Å². The maximum atomic E-state index is 5.22. The van der Waals surface area contributed by atoms with Crippen molar-refractivity contribution in [1.29, 1.82) is 0 Å². The van der Waals surface area contributed by atoms with Crippen molar-refractivity contribution in [1.82, 2.24) is 0 Å². The van der Waals surface area contributed by atoms with Crippen LogP contribution in [0.15, 0.2) is 30.3 Å². The summed E-state index contributed by atoms with van der Waals surface area (Å²) in [5.41, 5.74) is 1.36. The minimum atomic E-state index is -0.255. The number of hydrogen-bond acceptors (Lipinski definition) is 1. The summed E-state index contributed by atoms with van der Waals surface area (Å²) in [4.78, 5) is 0. The zero-order valence-electron chi connectivity index (χ0n) is 7.66. The van der Waals surface area contributed by atoms with Gasteiger partial charge < -0.3 is 4.52 Å². The lowest BCUT2D eigenvalue weighted by molar-refractivity contribution is 0.464. The molecule has 0 radical (unpaired) electrons. The Morgan fingerprint density at radius 1 is 1.25 bits per heavy atom. The van der Waals surface area contributed by atoms with Crippen LogP contribution >= 0.6 is 18.0 Å². The Balaban J connectivity index is 0.00000121. The van der Waals surface area contributed by atoms with Gasteiger partial charge in [0.15, 0.2) is 0 Å². The van der Waals surface area contributed by atoms with Crippen LogP contribution in [0.25, 0.3) is 0 Å². The van der Waals surface area contributed by atoms with Gasteiger partial charge in [-0.2, -0.15) is 9.90 Å². The van der Waals surface area contributed by atoms with Crippen molar-refractivity contribution < 1.29 is 4.52 Å². The monoisotopic (exact) mass is 202 g/mol. The molecule has 0 aliphatic carbocycles. The highest BCUT2D eigenvalue weighted by Crippen LogP contribution is 2.34. The third kappa shape index (κ3) is 4.16. The largest absolute Gasteiger partial charge is 0.362 e. The predicted molar refractivity (Wildman–Crippen MR) is 61.1 cm³/mol. The van der Waals surface area contributed by atoms with Gasteiger partial charge in [-0.1, -0.05) is 30.3 Å². The van der Waals surface area contributed by atoms with Crippen LogP contribution in [0.2, 0.25) is 0 Å². The van der Waals surface area contributed by atoms with Crippen LogP contribution in [0.1, 0.15) is 5.56 Å². The van der Waals surface area contributed by atoms with Crippen molar-refractivity contribution in [3.05, 3.63) is 35.9 Å². The predicted octanol–water partition coefficient (Wildman–Crippen LogP) is 2.92. The first kappa shape index (κ1) is 12.0.